The summed E-state index contributed by atoms with van der Waals surface area (Å²) in [5.74, 6) is -1.20. The van der Waals surface area contributed by atoms with Gasteiger partial charge in [-0.15, -0.1) is 0 Å². The predicted molar refractivity (Wildman–Crippen MR) is 92.8 cm³/mol. The van der Waals surface area contributed by atoms with Crippen LogP contribution in [0.15, 0.2) is 42.5 Å². The average Bonchev–Trinajstić information content (AvgIpc) is 2.55. The Morgan fingerprint density at radius 3 is 2.62 bits per heavy atom. The fraction of sp³-hybridized carbons (Fsp3) is 0.222. The summed E-state index contributed by atoms with van der Waals surface area (Å²) in [6, 6.07) is 10.9. The Bertz CT molecular complexity index is 750. The van der Waals surface area contributed by atoms with Crippen molar-refractivity contribution < 1.29 is 14.0 Å². The lowest BCUT2D eigenvalue weighted by Crippen LogP contribution is -2.26. The zero-order chi connectivity index (χ0) is 17.5. The van der Waals surface area contributed by atoms with Crippen molar-refractivity contribution in [2.75, 3.05) is 11.9 Å². The number of anilines is 1. The van der Waals surface area contributed by atoms with E-state index in [0.717, 1.165) is 12.5 Å². The standard InChI is InChI=1S/C18H18ClFN2O2/c1-2-9-21-18(24)14-5-3-4-6-16(14)22-17(23)10-12-7-8-13(19)11-15(12)20/h3-8,11H,2,9-10H2,1H3,(H,21,24)(H,22,23). The molecule has 2 aromatic rings. The molecule has 4 nitrogen and oxygen atoms in total. The quantitative estimate of drug-likeness (QED) is 0.834. The molecule has 0 heterocycles. The Morgan fingerprint density at radius 2 is 1.92 bits per heavy atom. The molecule has 0 aliphatic carbocycles. The largest absolute Gasteiger partial charge is 0.352 e. The minimum atomic E-state index is -0.536. The molecule has 6 heteroatoms. The van der Waals surface area contributed by atoms with Gasteiger partial charge in [0.05, 0.1) is 17.7 Å². The Hall–Kier alpha value is -2.40. The maximum absolute atomic E-state index is 13.8. The van der Waals surface area contributed by atoms with Crippen molar-refractivity contribution in [3.63, 3.8) is 0 Å². The molecule has 0 spiro atoms. The van der Waals surface area contributed by atoms with Crippen LogP contribution in [0.2, 0.25) is 5.02 Å². The average molecular weight is 349 g/mol. The van der Waals surface area contributed by atoms with Gasteiger partial charge >= 0.3 is 0 Å². The summed E-state index contributed by atoms with van der Waals surface area (Å²) in [4.78, 5) is 24.3. The van der Waals surface area contributed by atoms with Crippen molar-refractivity contribution in [2.45, 2.75) is 19.8 Å². The molecule has 0 aliphatic rings. The van der Waals surface area contributed by atoms with E-state index in [4.69, 9.17) is 11.6 Å². The van der Waals surface area contributed by atoms with Crippen LogP contribution < -0.4 is 10.6 Å². The number of benzene rings is 2. The third kappa shape index (κ3) is 4.80. The first-order valence-electron chi connectivity index (χ1n) is 7.62. The highest BCUT2D eigenvalue weighted by molar-refractivity contribution is 6.30. The summed E-state index contributed by atoms with van der Waals surface area (Å²) < 4.78 is 13.8. The molecule has 0 unspecified atom stereocenters. The highest BCUT2D eigenvalue weighted by Gasteiger charge is 2.14. The van der Waals surface area contributed by atoms with E-state index in [-0.39, 0.29) is 22.9 Å². The van der Waals surface area contributed by atoms with E-state index in [9.17, 15) is 14.0 Å². The number of amides is 2. The van der Waals surface area contributed by atoms with Crippen LogP contribution >= 0.6 is 11.6 Å². The normalized spacial score (nSPS) is 10.3. The zero-order valence-electron chi connectivity index (χ0n) is 13.2. The van der Waals surface area contributed by atoms with Crippen molar-refractivity contribution in [3.05, 3.63) is 64.4 Å². The Morgan fingerprint density at radius 1 is 1.17 bits per heavy atom. The lowest BCUT2D eigenvalue weighted by molar-refractivity contribution is -0.115. The lowest BCUT2D eigenvalue weighted by Gasteiger charge is -2.11. The van der Waals surface area contributed by atoms with Crippen molar-refractivity contribution >= 4 is 29.1 Å². The van der Waals surface area contributed by atoms with Gasteiger partial charge < -0.3 is 10.6 Å². The molecule has 2 rings (SSSR count). The van der Waals surface area contributed by atoms with E-state index in [2.05, 4.69) is 10.6 Å². The fourth-order valence-corrected chi connectivity index (χ4v) is 2.32. The summed E-state index contributed by atoms with van der Waals surface area (Å²) in [5, 5.41) is 5.69. The number of nitrogens with one attached hydrogen (secondary N) is 2. The number of carbonyl (C=O) groups is 2. The van der Waals surface area contributed by atoms with Crippen LogP contribution in [0.1, 0.15) is 29.3 Å². The third-order valence-electron chi connectivity index (χ3n) is 3.35. The highest BCUT2D eigenvalue weighted by atomic mass is 35.5. The SMILES string of the molecule is CCCNC(=O)c1ccccc1NC(=O)Cc1ccc(Cl)cc1F. The van der Waals surface area contributed by atoms with E-state index >= 15 is 0 Å². The maximum atomic E-state index is 13.8. The highest BCUT2D eigenvalue weighted by Crippen LogP contribution is 2.18. The van der Waals surface area contributed by atoms with E-state index in [1.54, 1.807) is 24.3 Å². The second-order valence-corrected chi connectivity index (χ2v) is 5.70. The fourth-order valence-electron chi connectivity index (χ4n) is 2.16. The number of carbonyl (C=O) groups excluding carboxylic acids is 2. The van der Waals surface area contributed by atoms with Crippen LogP contribution in [0.3, 0.4) is 0 Å². The Kier molecular flexibility index (Phi) is 6.32. The third-order valence-corrected chi connectivity index (χ3v) is 3.58. The summed E-state index contributed by atoms with van der Waals surface area (Å²) >= 11 is 5.70. The molecule has 0 atom stereocenters. The number of rotatable bonds is 6. The van der Waals surface area contributed by atoms with Crippen molar-refractivity contribution in [3.8, 4) is 0 Å². The molecule has 0 saturated heterocycles. The summed E-state index contributed by atoms with van der Waals surface area (Å²) in [6.07, 6.45) is 0.671. The van der Waals surface area contributed by atoms with E-state index in [1.165, 1.54) is 12.1 Å². The first kappa shape index (κ1) is 17.9. The van der Waals surface area contributed by atoms with Gasteiger partial charge in [-0.2, -0.15) is 0 Å². The van der Waals surface area contributed by atoms with Crippen LogP contribution in [0, 0.1) is 5.82 Å². The van der Waals surface area contributed by atoms with Gasteiger partial charge in [0.25, 0.3) is 5.91 Å². The molecule has 0 saturated carbocycles. The molecule has 0 radical (unpaired) electrons. The van der Waals surface area contributed by atoms with Crippen LogP contribution in [-0.4, -0.2) is 18.4 Å². The summed E-state index contributed by atoms with van der Waals surface area (Å²) in [7, 11) is 0. The predicted octanol–water partition coefficient (Wildman–Crippen LogP) is 3.80. The zero-order valence-corrected chi connectivity index (χ0v) is 14.0. The summed E-state index contributed by atoms with van der Waals surface area (Å²) in [5.41, 5.74) is 1.01. The second kappa shape index (κ2) is 8.45. The molecule has 2 amide bonds. The molecule has 2 N–H and O–H groups in total. The van der Waals surface area contributed by atoms with E-state index in [1.807, 2.05) is 6.92 Å². The monoisotopic (exact) mass is 348 g/mol. The van der Waals surface area contributed by atoms with Crippen molar-refractivity contribution in [1.29, 1.82) is 0 Å². The molecule has 126 valence electrons. The smallest absolute Gasteiger partial charge is 0.253 e. The molecule has 0 fully saturated rings. The summed E-state index contributed by atoms with van der Waals surface area (Å²) in [6.45, 7) is 2.51. The molecule has 2 aromatic carbocycles. The number of halogens is 2. The van der Waals surface area contributed by atoms with Gasteiger partial charge in [0.1, 0.15) is 5.82 Å². The first-order valence-corrected chi connectivity index (χ1v) is 8.00. The molecule has 0 bridgehead atoms. The Labute approximate surface area is 145 Å². The van der Waals surface area contributed by atoms with Crippen molar-refractivity contribution in [2.24, 2.45) is 0 Å². The van der Waals surface area contributed by atoms with Gasteiger partial charge in [-0.3, -0.25) is 9.59 Å². The molecule has 0 aliphatic heterocycles. The van der Waals surface area contributed by atoms with Crippen LogP contribution in [0.5, 0.6) is 0 Å². The Balaban J connectivity index is 2.10. The van der Waals surface area contributed by atoms with Gasteiger partial charge in [0.15, 0.2) is 0 Å². The molecule has 24 heavy (non-hydrogen) atoms. The number of hydrogen-bond acceptors (Lipinski definition) is 2. The van der Waals surface area contributed by atoms with Gasteiger partial charge in [-0.05, 0) is 36.2 Å². The first-order chi connectivity index (χ1) is 11.5. The molecule has 0 aromatic heterocycles. The number of para-hydroxylation sites is 1. The van der Waals surface area contributed by atoms with Crippen molar-refractivity contribution in [1.82, 2.24) is 5.32 Å². The topological polar surface area (TPSA) is 58.2 Å². The minimum Gasteiger partial charge on any atom is -0.352 e. The van der Waals surface area contributed by atoms with Crippen LogP contribution in [0.25, 0.3) is 0 Å². The van der Waals surface area contributed by atoms with E-state index < -0.39 is 11.7 Å². The number of hydrogen-bond donors (Lipinski definition) is 2. The maximum Gasteiger partial charge on any atom is 0.253 e. The van der Waals surface area contributed by atoms with E-state index in [0.29, 0.717) is 17.8 Å². The lowest BCUT2D eigenvalue weighted by atomic mass is 10.1. The molecular weight excluding hydrogens is 331 g/mol. The van der Waals surface area contributed by atoms with Crippen LogP contribution in [-0.2, 0) is 11.2 Å². The molecular formula is C18H18ClFN2O2. The van der Waals surface area contributed by atoms with Crippen LogP contribution in [0.4, 0.5) is 10.1 Å². The van der Waals surface area contributed by atoms with Gasteiger partial charge in [-0.25, -0.2) is 4.39 Å². The van der Waals surface area contributed by atoms with Gasteiger partial charge in [-0.1, -0.05) is 36.7 Å². The van der Waals surface area contributed by atoms with Gasteiger partial charge in [0.2, 0.25) is 5.91 Å². The minimum absolute atomic E-state index is 0.145. The second-order valence-electron chi connectivity index (χ2n) is 5.26. The van der Waals surface area contributed by atoms with Gasteiger partial charge in [0, 0.05) is 11.6 Å².